The standard InChI is InChI=1S/C21H26N2O6S/c1-14-9-10-18(27-3)17(11-14)23(30(4,25)26)15(2)21(24)22-12-16-13-28-19-7-5-6-8-20(19)29-16/h5-11,15-16H,12-13H2,1-4H3,(H,22,24)/t15-,16-/m1/s1. The normalized spacial score (nSPS) is 16.5. The molecule has 0 aromatic heterocycles. The van der Waals surface area contributed by atoms with Crippen LogP contribution in [0.1, 0.15) is 12.5 Å². The van der Waals surface area contributed by atoms with Crippen LogP contribution in [-0.4, -0.2) is 53.0 Å². The summed E-state index contributed by atoms with van der Waals surface area (Å²) in [6.45, 7) is 3.84. The van der Waals surface area contributed by atoms with Crippen molar-refractivity contribution in [3.05, 3.63) is 48.0 Å². The van der Waals surface area contributed by atoms with E-state index in [1.807, 2.05) is 31.2 Å². The van der Waals surface area contributed by atoms with E-state index in [-0.39, 0.29) is 19.3 Å². The van der Waals surface area contributed by atoms with E-state index >= 15 is 0 Å². The van der Waals surface area contributed by atoms with E-state index in [2.05, 4.69) is 5.32 Å². The number of ether oxygens (including phenoxy) is 3. The molecule has 0 spiro atoms. The second-order valence-corrected chi connectivity index (χ2v) is 9.01. The molecule has 1 aliphatic heterocycles. The zero-order valence-corrected chi connectivity index (χ0v) is 18.2. The molecule has 0 radical (unpaired) electrons. The summed E-state index contributed by atoms with van der Waals surface area (Å²) < 4.78 is 43.0. The third-order valence-corrected chi connectivity index (χ3v) is 5.96. The maximum Gasteiger partial charge on any atom is 0.243 e. The minimum absolute atomic E-state index is 0.181. The molecular formula is C21H26N2O6S. The molecule has 1 heterocycles. The summed E-state index contributed by atoms with van der Waals surface area (Å²) in [4.78, 5) is 12.8. The summed E-state index contributed by atoms with van der Waals surface area (Å²) in [6.07, 6.45) is 0.685. The highest BCUT2D eigenvalue weighted by molar-refractivity contribution is 7.92. The van der Waals surface area contributed by atoms with Crippen LogP contribution in [0.4, 0.5) is 5.69 Å². The highest BCUT2D eigenvalue weighted by atomic mass is 32.2. The van der Waals surface area contributed by atoms with Gasteiger partial charge in [0.05, 0.1) is 25.6 Å². The fourth-order valence-corrected chi connectivity index (χ4v) is 4.45. The van der Waals surface area contributed by atoms with E-state index in [9.17, 15) is 13.2 Å². The molecule has 0 saturated carbocycles. The Morgan fingerprint density at radius 2 is 1.97 bits per heavy atom. The quantitative estimate of drug-likeness (QED) is 0.717. The maximum atomic E-state index is 12.8. The predicted octanol–water partition coefficient (Wildman–Crippen LogP) is 2.11. The van der Waals surface area contributed by atoms with Gasteiger partial charge in [0.2, 0.25) is 15.9 Å². The van der Waals surface area contributed by atoms with Crippen LogP contribution >= 0.6 is 0 Å². The van der Waals surface area contributed by atoms with E-state index in [1.54, 1.807) is 18.2 Å². The number of aryl methyl sites for hydroxylation is 1. The first kappa shape index (κ1) is 21.8. The lowest BCUT2D eigenvalue weighted by Crippen LogP contribution is -2.50. The number of rotatable bonds is 7. The Morgan fingerprint density at radius 1 is 1.27 bits per heavy atom. The number of carbonyl (C=O) groups excluding carboxylic acids is 1. The van der Waals surface area contributed by atoms with Crippen molar-refractivity contribution in [2.75, 3.05) is 30.8 Å². The summed E-state index contributed by atoms with van der Waals surface area (Å²) >= 11 is 0. The molecule has 0 bridgehead atoms. The lowest BCUT2D eigenvalue weighted by Gasteiger charge is -2.31. The van der Waals surface area contributed by atoms with Gasteiger partial charge < -0.3 is 19.5 Å². The molecule has 0 saturated heterocycles. The Morgan fingerprint density at radius 3 is 2.63 bits per heavy atom. The van der Waals surface area contributed by atoms with Gasteiger partial charge in [-0.25, -0.2) is 8.42 Å². The second kappa shape index (κ2) is 8.83. The lowest BCUT2D eigenvalue weighted by molar-refractivity contribution is -0.122. The smallest absolute Gasteiger partial charge is 0.243 e. The monoisotopic (exact) mass is 434 g/mol. The second-order valence-electron chi connectivity index (χ2n) is 7.15. The van der Waals surface area contributed by atoms with Crippen LogP contribution in [0.15, 0.2) is 42.5 Å². The van der Waals surface area contributed by atoms with E-state index in [4.69, 9.17) is 14.2 Å². The fraction of sp³-hybridized carbons (Fsp3) is 0.381. The highest BCUT2D eigenvalue weighted by Gasteiger charge is 2.32. The number of hydrogen-bond donors (Lipinski definition) is 1. The van der Waals surface area contributed by atoms with Crippen molar-refractivity contribution >= 4 is 21.6 Å². The van der Waals surface area contributed by atoms with Gasteiger partial charge in [0, 0.05) is 0 Å². The molecule has 0 aliphatic carbocycles. The van der Waals surface area contributed by atoms with Gasteiger partial charge in [-0.15, -0.1) is 0 Å². The first-order valence-electron chi connectivity index (χ1n) is 9.51. The van der Waals surface area contributed by atoms with Crippen molar-refractivity contribution in [2.24, 2.45) is 0 Å². The van der Waals surface area contributed by atoms with Gasteiger partial charge in [-0.1, -0.05) is 18.2 Å². The Bertz CT molecular complexity index is 1020. The van der Waals surface area contributed by atoms with Gasteiger partial charge in [-0.3, -0.25) is 9.10 Å². The van der Waals surface area contributed by atoms with E-state index < -0.39 is 22.0 Å². The van der Waals surface area contributed by atoms with Gasteiger partial charge in [0.1, 0.15) is 24.5 Å². The Kier molecular flexibility index (Phi) is 6.40. The van der Waals surface area contributed by atoms with Gasteiger partial charge >= 0.3 is 0 Å². The van der Waals surface area contributed by atoms with Crippen molar-refractivity contribution in [2.45, 2.75) is 26.0 Å². The zero-order chi connectivity index (χ0) is 21.9. The minimum Gasteiger partial charge on any atom is -0.495 e. The van der Waals surface area contributed by atoms with E-state index in [0.29, 0.717) is 22.9 Å². The third kappa shape index (κ3) is 4.79. The first-order valence-corrected chi connectivity index (χ1v) is 11.4. The molecule has 2 aromatic rings. The molecule has 8 nitrogen and oxygen atoms in total. The van der Waals surface area contributed by atoms with Crippen molar-refractivity contribution in [1.82, 2.24) is 5.32 Å². The molecule has 1 amide bonds. The Labute approximate surface area is 176 Å². The number of amides is 1. The van der Waals surface area contributed by atoms with E-state index in [1.165, 1.54) is 14.0 Å². The van der Waals surface area contributed by atoms with E-state index in [0.717, 1.165) is 16.1 Å². The van der Waals surface area contributed by atoms with Crippen LogP contribution in [0.25, 0.3) is 0 Å². The number of para-hydroxylation sites is 2. The third-order valence-electron chi connectivity index (χ3n) is 4.73. The van der Waals surface area contributed by atoms with Crippen LogP contribution < -0.4 is 23.8 Å². The molecule has 30 heavy (non-hydrogen) atoms. The van der Waals surface area contributed by atoms with Crippen LogP contribution in [0.5, 0.6) is 17.2 Å². The summed E-state index contributed by atoms with van der Waals surface area (Å²) in [7, 11) is -2.30. The van der Waals surface area contributed by atoms with Gasteiger partial charge in [-0.2, -0.15) is 0 Å². The zero-order valence-electron chi connectivity index (χ0n) is 17.4. The van der Waals surface area contributed by atoms with Crippen LogP contribution in [0.2, 0.25) is 0 Å². The first-order chi connectivity index (χ1) is 14.2. The van der Waals surface area contributed by atoms with Crippen molar-refractivity contribution in [3.8, 4) is 17.2 Å². The summed E-state index contributed by atoms with van der Waals surface area (Å²) in [6, 6.07) is 11.5. The number of methoxy groups -OCH3 is 1. The molecule has 162 valence electrons. The van der Waals surface area contributed by atoms with Gasteiger partial charge in [-0.05, 0) is 43.7 Å². The fourth-order valence-electron chi connectivity index (χ4n) is 3.28. The lowest BCUT2D eigenvalue weighted by atomic mass is 10.2. The number of anilines is 1. The Hall–Kier alpha value is -2.94. The average Bonchev–Trinajstić information content (AvgIpc) is 2.71. The van der Waals surface area contributed by atoms with Crippen molar-refractivity contribution in [3.63, 3.8) is 0 Å². The highest BCUT2D eigenvalue weighted by Crippen LogP contribution is 2.33. The summed E-state index contributed by atoms with van der Waals surface area (Å²) in [5.41, 5.74) is 1.16. The molecule has 0 unspecified atom stereocenters. The molecule has 2 atom stereocenters. The largest absolute Gasteiger partial charge is 0.495 e. The predicted molar refractivity (Wildman–Crippen MR) is 114 cm³/mol. The molecule has 2 aromatic carbocycles. The molecule has 1 aliphatic rings. The minimum atomic E-state index is -3.76. The molecule has 0 fully saturated rings. The van der Waals surface area contributed by atoms with Crippen molar-refractivity contribution in [1.29, 1.82) is 0 Å². The number of benzene rings is 2. The topological polar surface area (TPSA) is 94.2 Å². The molecular weight excluding hydrogens is 408 g/mol. The number of carbonyl (C=O) groups is 1. The van der Waals surface area contributed by atoms with Crippen molar-refractivity contribution < 1.29 is 27.4 Å². The number of hydrogen-bond acceptors (Lipinski definition) is 6. The SMILES string of the molecule is COc1ccc(C)cc1N([C@H](C)C(=O)NC[C@@H]1COc2ccccc2O1)S(C)(=O)=O. The average molecular weight is 435 g/mol. The van der Waals surface area contributed by atoms with Crippen LogP contribution in [-0.2, 0) is 14.8 Å². The van der Waals surface area contributed by atoms with Gasteiger partial charge in [0.25, 0.3) is 0 Å². The van der Waals surface area contributed by atoms with Crippen LogP contribution in [0.3, 0.4) is 0 Å². The number of nitrogens with one attached hydrogen (secondary N) is 1. The summed E-state index contributed by atoms with van der Waals surface area (Å²) in [5, 5.41) is 2.77. The number of fused-ring (bicyclic) bond motifs is 1. The number of sulfonamides is 1. The number of nitrogens with zero attached hydrogens (tertiary/aromatic N) is 1. The molecule has 3 rings (SSSR count). The van der Waals surface area contributed by atoms with Crippen LogP contribution in [0, 0.1) is 6.92 Å². The summed E-state index contributed by atoms with van der Waals surface area (Å²) in [5.74, 6) is 1.18. The van der Waals surface area contributed by atoms with Gasteiger partial charge in [0.15, 0.2) is 11.5 Å². The maximum absolute atomic E-state index is 12.8. The molecule has 1 N–H and O–H groups in total. The molecule has 9 heteroatoms. The Balaban J connectivity index is 1.74.